The highest BCUT2D eigenvalue weighted by molar-refractivity contribution is 5.79. The molecule has 1 aromatic heterocycles. The predicted octanol–water partition coefficient (Wildman–Crippen LogP) is 2.88. The van der Waals surface area contributed by atoms with E-state index in [2.05, 4.69) is 26.7 Å². The molecule has 5 nitrogen and oxygen atoms in total. The maximum atomic E-state index is 13.2. The van der Waals surface area contributed by atoms with Crippen LogP contribution >= 0.6 is 0 Å². The van der Waals surface area contributed by atoms with Gasteiger partial charge < -0.3 is 15.2 Å². The number of imidazole rings is 1. The Labute approximate surface area is 146 Å². The van der Waals surface area contributed by atoms with Crippen LogP contribution in [0.25, 0.3) is 5.69 Å². The number of nitrogens with zero attached hydrogens (tertiary/aromatic N) is 3. The number of halogens is 1. The van der Waals surface area contributed by atoms with E-state index in [0.29, 0.717) is 19.0 Å². The molecule has 0 aliphatic carbocycles. The van der Waals surface area contributed by atoms with E-state index in [-0.39, 0.29) is 5.82 Å². The number of aromatic nitrogens is 2. The van der Waals surface area contributed by atoms with Gasteiger partial charge in [-0.05, 0) is 29.3 Å². The Bertz CT molecular complexity index is 843. The van der Waals surface area contributed by atoms with Gasteiger partial charge in [0.15, 0.2) is 5.96 Å². The van der Waals surface area contributed by atoms with E-state index in [1.807, 2.05) is 35.0 Å². The van der Waals surface area contributed by atoms with Crippen LogP contribution < -0.4 is 10.6 Å². The minimum absolute atomic E-state index is 0.239. The number of guanidine groups is 1. The molecule has 1 heterocycles. The highest BCUT2D eigenvalue weighted by Crippen LogP contribution is 2.13. The highest BCUT2D eigenvalue weighted by Gasteiger charge is 2.05. The van der Waals surface area contributed by atoms with E-state index in [1.54, 1.807) is 25.6 Å². The van der Waals surface area contributed by atoms with Crippen molar-refractivity contribution >= 4 is 5.96 Å². The molecule has 3 aromatic rings. The van der Waals surface area contributed by atoms with Gasteiger partial charge in [0.1, 0.15) is 5.82 Å². The van der Waals surface area contributed by atoms with E-state index in [4.69, 9.17) is 0 Å². The number of rotatable bonds is 5. The van der Waals surface area contributed by atoms with E-state index < -0.39 is 0 Å². The van der Waals surface area contributed by atoms with Crippen molar-refractivity contribution in [2.75, 3.05) is 7.05 Å². The summed E-state index contributed by atoms with van der Waals surface area (Å²) in [5.41, 5.74) is 3.05. The molecule has 0 amide bonds. The van der Waals surface area contributed by atoms with Crippen LogP contribution in [0.4, 0.5) is 4.39 Å². The highest BCUT2D eigenvalue weighted by atomic mass is 19.1. The van der Waals surface area contributed by atoms with Gasteiger partial charge in [0.2, 0.25) is 0 Å². The molecule has 128 valence electrons. The zero-order valence-electron chi connectivity index (χ0n) is 14.0. The first-order valence-corrected chi connectivity index (χ1v) is 8.01. The van der Waals surface area contributed by atoms with Gasteiger partial charge in [-0.15, -0.1) is 0 Å². The largest absolute Gasteiger partial charge is 0.352 e. The second-order valence-corrected chi connectivity index (χ2v) is 5.51. The van der Waals surface area contributed by atoms with Crippen molar-refractivity contribution in [3.05, 3.63) is 84.2 Å². The van der Waals surface area contributed by atoms with Crippen molar-refractivity contribution in [1.82, 2.24) is 20.2 Å². The van der Waals surface area contributed by atoms with Crippen molar-refractivity contribution in [2.45, 2.75) is 13.1 Å². The Balaban J connectivity index is 1.62. The summed E-state index contributed by atoms with van der Waals surface area (Å²) in [5.74, 6) is 0.418. The third-order valence-electron chi connectivity index (χ3n) is 3.79. The van der Waals surface area contributed by atoms with Crippen LogP contribution in [0.1, 0.15) is 11.1 Å². The van der Waals surface area contributed by atoms with Crippen molar-refractivity contribution in [1.29, 1.82) is 0 Å². The smallest absolute Gasteiger partial charge is 0.191 e. The van der Waals surface area contributed by atoms with Crippen LogP contribution in [0.15, 0.2) is 72.2 Å². The fourth-order valence-corrected chi connectivity index (χ4v) is 2.55. The molecule has 0 bridgehead atoms. The topological polar surface area (TPSA) is 54.2 Å². The lowest BCUT2D eigenvalue weighted by Gasteiger charge is -2.14. The number of aliphatic imine (C=N–C) groups is 1. The molecule has 0 saturated carbocycles. The molecule has 0 atom stereocenters. The Morgan fingerprint density at radius 1 is 1.12 bits per heavy atom. The first-order chi connectivity index (χ1) is 12.3. The molecule has 0 fully saturated rings. The van der Waals surface area contributed by atoms with Crippen LogP contribution in [0.2, 0.25) is 0 Å². The molecule has 0 unspecified atom stereocenters. The van der Waals surface area contributed by atoms with Crippen LogP contribution in [-0.4, -0.2) is 22.6 Å². The third-order valence-corrected chi connectivity index (χ3v) is 3.79. The van der Waals surface area contributed by atoms with Crippen molar-refractivity contribution in [2.24, 2.45) is 4.99 Å². The average molecular weight is 337 g/mol. The SMILES string of the molecule is CN=C(NCc1cccc(F)c1)NCc1ccccc1-n1ccnc1. The first-order valence-electron chi connectivity index (χ1n) is 8.01. The Morgan fingerprint density at radius 3 is 2.72 bits per heavy atom. The maximum Gasteiger partial charge on any atom is 0.191 e. The Hall–Kier alpha value is -3.15. The number of hydrogen-bond donors (Lipinski definition) is 2. The van der Waals surface area contributed by atoms with Gasteiger partial charge in [-0.2, -0.15) is 0 Å². The van der Waals surface area contributed by atoms with Crippen LogP contribution in [-0.2, 0) is 13.1 Å². The van der Waals surface area contributed by atoms with Gasteiger partial charge in [-0.25, -0.2) is 9.37 Å². The summed E-state index contributed by atoms with van der Waals surface area (Å²) in [6.45, 7) is 1.11. The Morgan fingerprint density at radius 2 is 1.96 bits per heavy atom. The standard InChI is InChI=1S/C19H20FN5/c1-21-19(23-12-15-5-4-7-17(20)11-15)24-13-16-6-2-3-8-18(16)25-10-9-22-14-25/h2-11,14H,12-13H2,1H3,(H2,21,23,24). The molecule has 3 rings (SSSR count). The quantitative estimate of drug-likeness (QED) is 0.556. The van der Waals surface area contributed by atoms with Gasteiger partial charge in [-0.1, -0.05) is 30.3 Å². The molecule has 6 heteroatoms. The molecule has 0 radical (unpaired) electrons. The molecular weight excluding hydrogens is 317 g/mol. The van der Waals surface area contributed by atoms with Crippen molar-refractivity contribution in [3.8, 4) is 5.69 Å². The lowest BCUT2D eigenvalue weighted by molar-refractivity contribution is 0.624. The molecule has 25 heavy (non-hydrogen) atoms. The predicted molar refractivity (Wildman–Crippen MR) is 97.0 cm³/mol. The van der Waals surface area contributed by atoms with E-state index in [1.165, 1.54) is 12.1 Å². The van der Waals surface area contributed by atoms with E-state index in [9.17, 15) is 4.39 Å². The number of benzene rings is 2. The zero-order valence-corrected chi connectivity index (χ0v) is 14.0. The lowest BCUT2D eigenvalue weighted by atomic mass is 10.1. The molecule has 2 N–H and O–H groups in total. The summed E-state index contributed by atoms with van der Waals surface area (Å²) in [7, 11) is 1.71. The van der Waals surface area contributed by atoms with Gasteiger partial charge in [0, 0.05) is 32.5 Å². The van der Waals surface area contributed by atoms with Gasteiger partial charge in [-0.3, -0.25) is 4.99 Å². The monoisotopic (exact) mass is 337 g/mol. The van der Waals surface area contributed by atoms with Crippen LogP contribution in [0.3, 0.4) is 0 Å². The summed E-state index contributed by atoms with van der Waals surface area (Å²) in [6.07, 6.45) is 5.44. The third kappa shape index (κ3) is 4.44. The molecule has 0 saturated heterocycles. The fraction of sp³-hybridized carbons (Fsp3) is 0.158. The van der Waals surface area contributed by atoms with Gasteiger partial charge in [0.25, 0.3) is 0 Å². The summed E-state index contributed by atoms with van der Waals surface area (Å²) < 4.78 is 15.2. The first kappa shape index (κ1) is 16.7. The normalized spacial score (nSPS) is 11.4. The molecular formula is C19H20FN5. The summed E-state index contributed by atoms with van der Waals surface area (Å²) in [5, 5.41) is 6.47. The number of para-hydroxylation sites is 1. The van der Waals surface area contributed by atoms with Crippen LogP contribution in [0, 0.1) is 5.82 Å². The molecule has 0 aliphatic heterocycles. The summed E-state index contributed by atoms with van der Waals surface area (Å²) in [4.78, 5) is 8.31. The lowest BCUT2D eigenvalue weighted by Crippen LogP contribution is -2.36. The second-order valence-electron chi connectivity index (χ2n) is 5.51. The maximum absolute atomic E-state index is 13.2. The number of nitrogens with one attached hydrogen (secondary N) is 2. The molecule has 0 aliphatic rings. The van der Waals surface area contributed by atoms with Crippen molar-refractivity contribution < 1.29 is 4.39 Å². The summed E-state index contributed by atoms with van der Waals surface area (Å²) in [6, 6.07) is 14.6. The minimum Gasteiger partial charge on any atom is -0.352 e. The fourth-order valence-electron chi connectivity index (χ4n) is 2.55. The van der Waals surface area contributed by atoms with Gasteiger partial charge in [0.05, 0.1) is 12.0 Å². The van der Waals surface area contributed by atoms with E-state index >= 15 is 0 Å². The Kier molecular flexibility index (Phi) is 5.41. The average Bonchev–Trinajstić information content (AvgIpc) is 3.17. The summed E-state index contributed by atoms with van der Waals surface area (Å²) >= 11 is 0. The molecule has 2 aromatic carbocycles. The second kappa shape index (κ2) is 8.10. The van der Waals surface area contributed by atoms with E-state index in [0.717, 1.165) is 16.8 Å². The minimum atomic E-state index is -0.239. The van der Waals surface area contributed by atoms with Crippen LogP contribution in [0.5, 0.6) is 0 Å². The van der Waals surface area contributed by atoms with Crippen molar-refractivity contribution in [3.63, 3.8) is 0 Å². The zero-order chi connectivity index (χ0) is 17.5. The number of hydrogen-bond acceptors (Lipinski definition) is 2. The molecule has 0 spiro atoms. The van der Waals surface area contributed by atoms with Gasteiger partial charge >= 0.3 is 0 Å².